The number of fused-ring (bicyclic) bond motifs is 1. The molecule has 3 rings (SSSR count). The van der Waals surface area contributed by atoms with Crippen LogP contribution in [0.3, 0.4) is 0 Å². The van der Waals surface area contributed by atoms with E-state index in [0.29, 0.717) is 5.56 Å². The molecule has 1 aromatic heterocycles. The summed E-state index contributed by atoms with van der Waals surface area (Å²) in [5.41, 5.74) is 0.812. The van der Waals surface area contributed by atoms with E-state index in [0.717, 1.165) is 11.6 Å². The lowest BCUT2D eigenvalue weighted by molar-refractivity contribution is 0.438. The second-order valence-corrected chi connectivity index (χ2v) is 4.81. The fourth-order valence-electron chi connectivity index (χ4n) is 2.18. The molecule has 3 N–H and O–H groups in total. The first-order valence-corrected chi connectivity index (χ1v) is 7.26. The molecule has 2 aromatic carbocycles. The van der Waals surface area contributed by atoms with E-state index in [9.17, 15) is 20.1 Å². The maximum atomic E-state index is 12.2. The third-order valence-electron chi connectivity index (χ3n) is 3.25. The van der Waals surface area contributed by atoms with Crippen LogP contribution in [0.5, 0.6) is 17.2 Å². The molecule has 0 aliphatic rings. The van der Waals surface area contributed by atoms with Crippen molar-refractivity contribution in [1.29, 1.82) is 0 Å². The molecule has 5 nitrogen and oxygen atoms in total. The summed E-state index contributed by atoms with van der Waals surface area (Å²) in [5.74, 6) is -1.25. The second kappa shape index (κ2) is 6.44. The number of hydrogen-bond acceptors (Lipinski definition) is 5. The molecule has 0 saturated carbocycles. The maximum absolute atomic E-state index is 12.2. The molecule has 0 radical (unpaired) electrons. The third-order valence-corrected chi connectivity index (χ3v) is 3.25. The van der Waals surface area contributed by atoms with Crippen LogP contribution in [-0.2, 0) is 0 Å². The SMILES string of the molecule is CC.Cc1ccc(-c2oc3cc(O)cc(O)c3c(=O)c2O)cc1. The highest BCUT2D eigenvalue weighted by molar-refractivity contribution is 5.88. The summed E-state index contributed by atoms with van der Waals surface area (Å²) in [7, 11) is 0. The highest BCUT2D eigenvalue weighted by Gasteiger charge is 2.18. The molecule has 0 aliphatic heterocycles. The van der Waals surface area contributed by atoms with E-state index in [1.165, 1.54) is 6.07 Å². The quantitative estimate of drug-likeness (QED) is 0.633. The van der Waals surface area contributed by atoms with Crippen LogP contribution in [0.2, 0.25) is 0 Å². The molecule has 5 heteroatoms. The fraction of sp³-hybridized carbons (Fsp3) is 0.167. The van der Waals surface area contributed by atoms with Crippen LogP contribution < -0.4 is 5.43 Å². The van der Waals surface area contributed by atoms with E-state index in [1.807, 2.05) is 32.9 Å². The highest BCUT2D eigenvalue weighted by atomic mass is 16.4. The molecular formula is C18H18O5. The van der Waals surface area contributed by atoms with E-state index < -0.39 is 16.9 Å². The first-order chi connectivity index (χ1) is 11.0. The topological polar surface area (TPSA) is 90.9 Å². The zero-order chi connectivity index (χ0) is 17.1. The fourth-order valence-corrected chi connectivity index (χ4v) is 2.18. The Labute approximate surface area is 133 Å². The van der Waals surface area contributed by atoms with Gasteiger partial charge in [0.15, 0.2) is 5.76 Å². The van der Waals surface area contributed by atoms with Gasteiger partial charge in [-0.05, 0) is 6.92 Å². The van der Waals surface area contributed by atoms with Crippen molar-refractivity contribution in [2.24, 2.45) is 0 Å². The minimum atomic E-state index is -0.746. The lowest BCUT2D eigenvalue weighted by Crippen LogP contribution is -2.02. The number of aryl methyl sites for hydroxylation is 1. The molecule has 0 saturated heterocycles. The minimum Gasteiger partial charge on any atom is -0.508 e. The number of rotatable bonds is 1. The van der Waals surface area contributed by atoms with E-state index in [-0.39, 0.29) is 22.5 Å². The summed E-state index contributed by atoms with van der Waals surface area (Å²) < 4.78 is 5.49. The first-order valence-electron chi connectivity index (χ1n) is 7.26. The Kier molecular flexibility index (Phi) is 4.60. The van der Waals surface area contributed by atoms with Crippen LogP contribution in [-0.4, -0.2) is 15.3 Å². The molecule has 0 aliphatic carbocycles. The largest absolute Gasteiger partial charge is 0.508 e. The van der Waals surface area contributed by atoms with Gasteiger partial charge >= 0.3 is 0 Å². The van der Waals surface area contributed by atoms with Crippen molar-refractivity contribution in [1.82, 2.24) is 0 Å². The molecule has 0 spiro atoms. The van der Waals surface area contributed by atoms with Crippen molar-refractivity contribution >= 4 is 11.0 Å². The van der Waals surface area contributed by atoms with Gasteiger partial charge in [0.1, 0.15) is 22.5 Å². The molecule has 0 fully saturated rings. The molecule has 120 valence electrons. The van der Waals surface area contributed by atoms with Gasteiger partial charge in [-0.1, -0.05) is 43.7 Å². The van der Waals surface area contributed by atoms with Gasteiger partial charge in [0.2, 0.25) is 11.2 Å². The molecule has 3 aromatic rings. The zero-order valence-electron chi connectivity index (χ0n) is 13.1. The average Bonchev–Trinajstić information content (AvgIpc) is 2.53. The van der Waals surface area contributed by atoms with Gasteiger partial charge < -0.3 is 19.7 Å². The third kappa shape index (κ3) is 2.99. The van der Waals surface area contributed by atoms with Crippen LogP contribution in [0.4, 0.5) is 0 Å². The predicted octanol–water partition coefficient (Wildman–Crippen LogP) is 3.91. The summed E-state index contributed by atoms with van der Waals surface area (Å²) in [4.78, 5) is 12.2. The standard InChI is InChI=1S/C16H12O5.C2H6/c1-8-2-4-9(5-3-8)16-15(20)14(19)13-11(18)6-10(17)7-12(13)21-16;1-2/h2-7,17-18,20H,1H3;1-2H3. The second-order valence-electron chi connectivity index (χ2n) is 4.81. The molecule has 1 heterocycles. The van der Waals surface area contributed by atoms with E-state index in [2.05, 4.69) is 0 Å². The van der Waals surface area contributed by atoms with Crippen LogP contribution >= 0.6 is 0 Å². The van der Waals surface area contributed by atoms with Gasteiger partial charge in [-0.2, -0.15) is 0 Å². The van der Waals surface area contributed by atoms with E-state index >= 15 is 0 Å². The van der Waals surface area contributed by atoms with Crippen molar-refractivity contribution in [3.8, 4) is 28.6 Å². The van der Waals surface area contributed by atoms with Crippen molar-refractivity contribution < 1.29 is 19.7 Å². The van der Waals surface area contributed by atoms with Crippen molar-refractivity contribution in [2.45, 2.75) is 20.8 Å². The van der Waals surface area contributed by atoms with Gasteiger partial charge in [0.05, 0.1) is 0 Å². The van der Waals surface area contributed by atoms with Crippen molar-refractivity contribution in [2.75, 3.05) is 0 Å². The van der Waals surface area contributed by atoms with Gasteiger partial charge in [0, 0.05) is 17.7 Å². The Morgan fingerprint density at radius 2 is 1.57 bits per heavy atom. The lowest BCUT2D eigenvalue weighted by Gasteiger charge is -2.07. The first kappa shape index (κ1) is 16.4. The van der Waals surface area contributed by atoms with Gasteiger partial charge in [-0.15, -0.1) is 0 Å². The van der Waals surface area contributed by atoms with Crippen molar-refractivity contribution in [3.63, 3.8) is 0 Å². The Morgan fingerprint density at radius 1 is 0.957 bits per heavy atom. The van der Waals surface area contributed by atoms with E-state index in [1.54, 1.807) is 12.1 Å². The Morgan fingerprint density at radius 3 is 2.17 bits per heavy atom. The summed E-state index contributed by atoms with van der Waals surface area (Å²) in [5, 5.41) is 29.1. The minimum absolute atomic E-state index is 0.00231. The number of phenols is 2. The number of hydrogen-bond donors (Lipinski definition) is 3. The molecule has 0 amide bonds. The Hall–Kier alpha value is -2.95. The van der Waals surface area contributed by atoms with Crippen LogP contribution in [0.15, 0.2) is 45.6 Å². The Balaban J connectivity index is 0.000000924. The summed E-state index contributed by atoms with van der Waals surface area (Å²) >= 11 is 0. The zero-order valence-corrected chi connectivity index (χ0v) is 13.1. The molecule has 0 bridgehead atoms. The van der Waals surface area contributed by atoms with Gasteiger partial charge in [0.25, 0.3) is 0 Å². The number of phenolic OH excluding ortho intramolecular Hbond substituents is 2. The van der Waals surface area contributed by atoms with Crippen LogP contribution in [0.1, 0.15) is 19.4 Å². The van der Waals surface area contributed by atoms with Crippen LogP contribution in [0.25, 0.3) is 22.3 Å². The molecule has 23 heavy (non-hydrogen) atoms. The molecular weight excluding hydrogens is 296 g/mol. The van der Waals surface area contributed by atoms with E-state index in [4.69, 9.17) is 4.42 Å². The average molecular weight is 314 g/mol. The molecule has 0 atom stereocenters. The summed E-state index contributed by atoms with van der Waals surface area (Å²) in [6.45, 7) is 5.91. The highest BCUT2D eigenvalue weighted by Crippen LogP contribution is 2.34. The maximum Gasteiger partial charge on any atom is 0.238 e. The smallest absolute Gasteiger partial charge is 0.238 e. The predicted molar refractivity (Wildman–Crippen MR) is 89.0 cm³/mol. The summed E-state index contributed by atoms with van der Waals surface area (Å²) in [6.07, 6.45) is 0. The van der Waals surface area contributed by atoms with Crippen molar-refractivity contribution in [3.05, 3.63) is 52.2 Å². The molecule has 0 unspecified atom stereocenters. The number of aromatic hydroxyl groups is 3. The van der Waals surface area contributed by atoms with Crippen LogP contribution in [0, 0.1) is 6.92 Å². The lowest BCUT2D eigenvalue weighted by atomic mass is 10.1. The van der Waals surface area contributed by atoms with Gasteiger partial charge in [-0.3, -0.25) is 4.79 Å². The van der Waals surface area contributed by atoms with Gasteiger partial charge in [-0.25, -0.2) is 0 Å². The summed E-state index contributed by atoms with van der Waals surface area (Å²) in [6, 6.07) is 9.29. The number of benzene rings is 2. The Bertz CT molecular complexity index is 892. The normalized spacial score (nSPS) is 10.2. The monoisotopic (exact) mass is 314 g/mol.